The molecule has 0 aromatic carbocycles. The number of carbonyl (C=O) groups is 1. The van der Waals surface area contributed by atoms with Crippen molar-refractivity contribution in [3.05, 3.63) is 27.9 Å². The zero-order valence-corrected chi connectivity index (χ0v) is 12.7. The van der Waals surface area contributed by atoms with Crippen molar-refractivity contribution < 1.29 is 9.72 Å². The Morgan fingerprint density at radius 1 is 1.57 bits per heavy atom. The van der Waals surface area contributed by atoms with Gasteiger partial charge in [-0.2, -0.15) is 0 Å². The van der Waals surface area contributed by atoms with Crippen LogP contribution in [0.4, 0.5) is 5.82 Å². The van der Waals surface area contributed by atoms with Crippen LogP contribution in [0.15, 0.2) is 12.1 Å². The predicted octanol–water partition coefficient (Wildman–Crippen LogP) is 1.44. The summed E-state index contributed by atoms with van der Waals surface area (Å²) in [7, 11) is 1.52. The highest BCUT2D eigenvalue weighted by molar-refractivity contribution is 5.93. The molecule has 1 amide bonds. The smallest absolute Gasteiger partial charge is 0.323 e. The molecule has 1 saturated heterocycles. The normalized spacial score (nSPS) is 21.0. The average molecular weight is 294 g/mol. The van der Waals surface area contributed by atoms with Crippen LogP contribution in [0.1, 0.15) is 37.2 Å². The summed E-state index contributed by atoms with van der Waals surface area (Å²) in [5.41, 5.74) is 0.432. The van der Waals surface area contributed by atoms with Gasteiger partial charge in [0.25, 0.3) is 5.91 Å². The molecule has 1 unspecified atom stereocenters. The quantitative estimate of drug-likeness (QED) is 0.649. The number of rotatable bonds is 4. The van der Waals surface area contributed by atoms with E-state index in [0.29, 0.717) is 12.2 Å². The summed E-state index contributed by atoms with van der Waals surface area (Å²) in [5, 5.41) is 17.1. The lowest BCUT2D eigenvalue weighted by molar-refractivity contribution is -0.391. The van der Waals surface area contributed by atoms with E-state index in [1.165, 1.54) is 23.7 Å². The Morgan fingerprint density at radius 2 is 2.29 bits per heavy atom. The molecule has 1 fully saturated rings. The molecule has 1 atom stereocenters. The van der Waals surface area contributed by atoms with Crippen molar-refractivity contribution in [3.8, 4) is 0 Å². The van der Waals surface area contributed by atoms with Gasteiger partial charge in [-0.15, -0.1) is 0 Å². The van der Waals surface area contributed by atoms with Gasteiger partial charge < -0.3 is 20.7 Å². The molecule has 1 aromatic heterocycles. The number of aromatic nitrogens is 1. The summed E-state index contributed by atoms with van der Waals surface area (Å²) >= 11 is 0. The molecular weight excluding hydrogens is 272 g/mol. The van der Waals surface area contributed by atoms with E-state index in [9.17, 15) is 14.9 Å². The number of nitrogens with zero attached hydrogens (tertiary/aromatic N) is 2. The summed E-state index contributed by atoms with van der Waals surface area (Å²) in [6.07, 6.45) is 2.26. The second kappa shape index (κ2) is 5.85. The fraction of sp³-hybridized carbons (Fsp3) is 0.643. The molecule has 7 heteroatoms. The van der Waals surface area contributed by atoms with Gasteiger partial charge in [0.05, 0.1) is 7.05 Å². The topological polar surface area (TPSA) is 89.2 Å². The van der Waals surface area contributed by atoms with Gasteiger partial charge in [-0.25, -0.2) is 4.57 Å². The second-order valence-electron chi connectivity index (χ2n) is 6.20. The molecule has 0 radical (unpaired) electrons. The number of hydrogen-bond donors (Lipinski definition) is 2. The van der Waals surface area contributed by atoms with E-state index in [4.69, 9.17) is 0 Å². The van der Waals surface area contributed by atoms with Gasteiger partial charge in [0.1, 0.15) is 0 Å². The molecule has 2 rings (SSSR count). The lowest BCUT2D eigenvalue weighted by atomic mass is 9.77. The monoisotopic (exact) mass is 294 g/mol. The van der Waals surface area contributed by atoms with Gasteiger partial charge in [0, 0.05) is 18.7 Å². The lowest BCUT2D eigenvalue weighted by Crippen LogP contribution is -2.52. The first-order valence-corrected chi connectivity index (χ1v) is 7.14. The Balaban J connectivity index is 2.00. The van der Waals surface area contributed by atoms with Gasteiger partial charge in [0.15, 0.2) is 5.69 Å². The summed E-state index contributed by atoms with van der Waals surface area (Å²) in [6.45, 7) is 5.84. The molecule has 0 spiro atoms. The zero-order valence-electron chi connectivity index (χ0n) is 12.7. The summed E-state index contributed by atoms with van der Waals surface area (Å²) in [6, 6.07) is 3.04. The maximum Gasteiger partial charge on any atom is 0.323 e. The molecular formula is C14H22N4O3. The number of carbonyl (C=O) groups excluding carboxylic acids is 1. The maximum atomic E-state index is 12.2. The third-order valence-corrected chi connectivity index (χ3v) is 4.31. The molecule has 0 bridgehead atoms. The van der Waals surface area contributed by atoms with E-state index in [2.05, 4.69) is 24.5 Å². The van der Waals surface area contributed by atoms with Gasteiger partial charge in [-0.3, -0.25) is 4.79 Å². The number of amides is 1. The van der Waals surface area contributed by atoms with E-state index >= 15 is 0 Å². The van der Waals surface area contributed by atoms with Crippen LogP contribution in [-0.2, 0) is 7.05 Å². The largest absolute Gasteiger partial charge is 0.358 e. The molecule has 1 aromatic rings. The molecule has 0 aliphatic carbocycles. The molecule has 1 aliphatic rings. The maximum absolute atomic E-state index is 12.2. The summed E-state index contributed by atoms with van der Waals surface area (Å²) in [5.74, 6) is -0.370. The van der Waals surface area contributed by atoms with Crippen LogP contribution in [0.5, 0.6) is 0 Å². The number of nitrogens with one attached hydrogen (secondary N) is 2. The molecule has 7 nitrogen and oxygen atoms in total. The Kier molecular flexibility index (Phi) is 4.32. The standard InChI is InChI=1S/C14H22N4O3/c1-14(2)7-4-8-15-11(14)9-16-13(19)10-5-6-12(17(10)3)18(20)21/h5-6,11,15H,4,7-9H2,1-3H3,(H,16,19). The van der Waals surface area contributed by atoms with Crippen molar-refractivity contribution in [3.63, 3.8) is 0 Å². The third kappa shape index (κ3) is 3.24. The van der Waals surface area contributed by atoms with Gasteiger partial charge >= 0.3 is 5.82 Å². The molecule has 2 N–H and O–H groups in total. The Bertz CT molecular complexity index is 550. The highest BCUT2D eigenvalue weighted by Gasteiger charge is 2.32. The lowest BCUT2D eigenvalue weighted by Gasteiger charge is -2.39. The zero-order chi connectivity index (χ0) is 15.6. The SMILES string of the molecule is Cn1c(C(=O)NCC2NCCCC2(C)C)ccc1[N+](=O)[O-]. The predicted molar refractivity (Wildman–Crippen MR) is 79.2 cm³/mol. The highest BCUT2D eigenvalue weighted by atomic mass is 16.6. The van der Waals surface area contributed by atoms with Crippen LogP contribution in [0, 0.1) is 15.5 Å². The van der Waals surface area contributed by atoms with Gasteiger partial charge in [-0.1, -0.05) is 13.8 Å². The molecule has 116 valence electrons. The van der Waals surface area contributed by atoms with Gasteiger partial charge in [0.2, 0.25) is 0 Å². The van der Waals surface area contributed by atoms with Crippen molar-refractivity contribution >= 4 is 11.7 Å². The molecule has 2 heterocycles. The minimum Gasteiger partial charge on any atom is -0.358 e. The second-order valence-corrected chi connectivity index (χ2v) is 6.20. The van der Waals surface area contributed by atoms with E-state index < -0.39 is 4.92 Å². The van der Waals surface area contributed by atoms with Crippen LogP contribution < -0.4 is 10.6 Å². The first-order chi connectivity index (χ1) is 9.83. The Labute approximate surface area is 123 Å². The molecule has 0 saturated carbocycles. The van der Waals surface area contributed by atoms with Crippen LogP contribution in [-0.4, -0.2) is 34.5 Å². The van der Waals surface area contributed by atoms with E-state index in [1.54, 1.807) is 0 Å². The Morgan fingerprint density at radius 3 is 2.86 bits per heavy atom. The third-order valence-electron chi connectivity index (χ3n) is 4.31. The van der Waals surface area contributed by atoms with Crippen molar-refractivity contribution in [2.75, 3.05) is 13.1 Å². The van der Waals surface area contributed by atoms with Crippen molar-refractivity contribution in [2.24, 2.45) is 12.5 Å². The molecule has 21 heavy (non-hydrogen) atoms. The number of piperidine rings is 1. The first kappa shape index (κ1) is 15.5. The first-order valence-electron chi connectivity index (χ1n) is 7.14. The minimum atomic E-state index is -0.497. The highest BCUT2D eigenvalue weighted by Crippen LogP contribution is 2.29. The fourth-order valence-corrected chi connectivity index (χ4v) is 2.82. The van der Waals surface area contributed by atoms with Crippen LogP contribution in [0.25, 0.3) is 0 Å². The number of nitro groups is 1. The van der Waals surface area contributed by atoms with Crippen LogP contribution >= 0.6 is 0 Å². The summed E-state index contributed by atoms with van der Waals surface area (Å²) < 4.78 is 1.30. The van der Waals surface area contributed by atoms with Crippen molar-refractivity contribution in [1.29, 1.82) is 0 Å². The van der Waals surface area contributed by atoms with Gasteiger partial charge in [-0.05, 0) is 35.8 Å². The summed E-state index contributed by atoms with van der Waals surface area (Å²) in [4.78, 5) is 22.5. The van der Waals surface area contributed by atoms with E-state index in [-0.39, 0.29) is 23.2 Å². The van der Waals surface area contributed by atoms with Crippen LogP contribution in [0.3, 0.4) is 0 Å². The minimum absolute atomic E-state index is 0.0868. The van der Waals surface area contributed by atoms with E-state index in [1.807, 2.05) is 0 Å². The van der Waals surface area contributed by atoms with E-state index in [0.717, 1.165) is 19.4 Å². The van der Waals surface area contributed by atoms with Crippen molar-refractivity contribution in [2.45, 2.75) is 32.7 Å². The van der Waals surface area contributed by atoms with Crippen molar-refractivity contribution in [1.82, 2.24) is 15.2 Å². The molecule has 1 aliphatic heterocycles. The van der Waals surface area contributed by atoms with Crippen LogP contribution in [0.2, 0.25) is 0 Å². The number of hydrogen-bond acceptors (Lipinski definition) is 4. The average Bonchev–Trinajstić information content (AvgIpc) is 2.78. The fourth-order valence-electron chi connectivity index (χ4n) is 2.82. The Hall–Kier alpha value is -1.89.